The number of ketones is 1. The average molecular weight is 404 g/mol. The first kappa shape index (κ1) is 19.2. The minimum atomic E-state index is -0.432. The molecule has 1 aliphatic heterocycles. The summed E-state index contributed by atoms with van der Waals surface area (Å²) in [6.45, 7) is 6.47. The molecule has 3 aromatic rings. The molecule has 0 radical (unpaired) electrons. The summed E-state index contributed by atoms with van der Waals surface area (Å²) < 4.78 is 11.1. The third-order valence-electron chi connectivity index (χ3n) is 4.65. The van der Waals surface area contributed by atoms with Crippen LogP contribution in [-0.2, 0) is 5.41 Å². The lowest BCUT2D eigenvalue weighted by Gasteiger charge is -2.18. The zero-order chi connectivity index (χ0) is 20.6. The number of carbonyl (C=O) groups is 2. The van der Waals surface area contributed by atoms with Crippen LogP contribution in [0.25, 0.3) is 6.08 Å². The molecule has 1 aliphatic rings. The SMILES string of the molecule is CC(C)(C)c1ccc(/C=C2\Oc3cc(OC(=O)c4cccs4)ccc3C2=O)cc1. The van der Waals surface area contributed by atoms with Crippen molar-refractivity contribution in [3.05, 3.63) is 87.3 Å². The fourth-order valence-electron chi connectivity index (χ4n) is 3.01. The van der Waals surface area contributed by atoms with E-state index in [4.69, 9.17) is 9.47 Å². The van der Waals surface area contributed by atoms with E-state index in [0.29, 0.717) is 21.9 Å². The number of esters is 1. The lowest BCUT2D eigenvalue weighted by molar-refractivity contribution is 0.0739. The molecule has 0 amide bonds. The largest absolute Gasteiger partial charge is 0.452 e. The molecule has 4 rings (SSSR count). The van der Waals surface area contributed by atoms with Crippen LogP contribution < -0.4 is 9.47 Å². The zero-order valence-corrected chi connectivity index (χ0v) is 17.2. The van der Waals surface area contributed by atoms with Crippen molar-refractivity contribution in [3.8, 4) is 11.5 Å². The predicted octanol–water partition coefficient (Wildman–Crippen LogP) is 5.88. The molecule has 0 spiro atoms. The molecule has 0 atom stereocenters. The smallest absolute Gasteiger partial charge is 0.353 e. The van der Waals surface area contributed by atoms with Gasteiger partial charge in [-0.2, -0.15) is 0 Å². The molecule has 1 aromatic heterocycles. The van der Waals surface area contributed by atoms with Gasteiger partial charge in [-0.25, -0.2) is 4.79 Å². The molecule has 2 aromatic carbocycles. The minimum Gasteiger partial charge on any atom is -0.452 e. The van der Waals surface area contributed by atoms with Crippen LogP contribution in [-0.4, -0.2) is 11.8 Å². The van der Waals surface area contributed by atoms with E-state index >= 15 is 0 Å². The van der Waals surface area contributed by atoms with Gasteiger partial charge in [0.1, 0.15) is 16.4 Å². The van der Waals surface area contributed by atoms with E-state index in [0.717, 1.165) is 5.56 Å². The maximum atomic E-state index is 12.6. The van der Waals surface area contributed by atoms with Gasteiger partial charge < -0.3 is 9.47 Å². The zero-order valence-electron chi connectivity index (χ0n) is 16.4. The lowest BCUT2D eigenvalue weighted by atomic mass is 9.86. The Labute approximate surface area is 173 Å². The van der Waals surface area contributed by atoms with Gasteiger partial charge in [-0.15, -0.1) is 11.3 Å². The van der Waals surface area contributed by atoms with Gasteiger partial charge in [-0.05, 0) is 46.2 Å². The van der Waals surface area contributed by atoms with E-state index in [1.165, 1.54) is 16.9 Å². The van der Waals surface area contributed by atoms with E-state index in [1.807, 2.05) is 17.5 Å². The van der Waals surface area contributed by atoms with Crippen molar-refractivity contribution in [1.82, 2.24) is 0 Å². The van der Waals surface area contributed by atoms with Crippen molar-refractivity contribution in [2.24, 2.45) is 0 Å². The highest BCUT2D eigenvalue weighted by Gasteiger charge is 2.28. The summed E-state index contributed by atoms with van der Waals surface area (Å²) in [5, 5.41) is 1.81. The average Bonchev–Trinajstić information content (AvgIpc) is 3.31. The van der Waals surface area contributed by atoms with Gasteiger partial charge in [-0.3, -0.25) is 4.79 Å². The first-order chi connectivity index (χ1) is 13.8. The second-order valence-corrected chi connectivity index (χ2v) is 8.78. The van der Waals surface area contributed by atoms with Crippen LogP contribution in [0.4, 0.5) is 0 Å². The number of carbonyl (C=O) groups excluding carboxylic acids is 2. The highest BCUT2D eigenvalue weighted by atomic mass is 32.1. The maximum absolute atomic E-state index is 12.6. The van der Waals surface area contributed by atoms with Gasteiger partial charge in [0, 0.05) is 6.07 Å². The van der Waals surface area contributed by atoms with E-state index in [1.54, 1.807) is 36.4 Å². The number of fused-ring (bicyclic) bond motifs is 1. The Morgan fingerprint density at radius 1 is 1.07 bits per heavy atom. The van der Waals surface area contributed by atoms with Crippen molar-refractivity contribution in [3.63, 3.8) is 0 Å². The number of allylic oxidation sites excluding steroid dienone is 1. The lowest BCUT2D eigenvalue weighted by Crippen LogP contribution is -2.10. The van der Waals surface area contributed by atoms with Crippen molar-refractivity contribution in [2.45, 2.75) is 26.2 Å². The Morgan fingerprint density at radius 2 is 1.83 bits per heavy atom. The highest BCUT2D eigenvalue weighted by Crippen LogP contribution is 2.35. The standard InChI is InChI=1S/C24H20O4S/c1-24(2,3)16-8-6-15(7-9-16)13-20-22(25)18-11-10-17(14-19(18)28-20)27-23(26)21-5-4-12-29-21/h4-14H,1-3H3/b20-13-. The summed E-state index contributed by atoms with van der Waals surface area (Å²) >= 11 is 1.31. The third-order valence-corrected chi connectivity index (χ3v) is 5.50. The number of Topliss-reactive ketones (excluding diaryl/α,β-unsaturated/α-hetero) is 1. The van der Waals surface area contributed by atoms with Crippen LogP contribution in [0.3, 0.4) is 0 Å². The Bertz CT molecular complexity index is 1100. The molecule has 5 heteroatoms. The van der Waals surface area contributed by atoms with Gasteiger partial charge >= 0.3 is 5.97 Å². The van der Waals surface area contributed by atoms with Gasteiger partial charge in [0.25, 0.3) is 0 Å². The quantitative estimate of drug-likeness (QED) is 0.311. The summed E-state index contributed by atoms with van der Waals surface area (Å²) in [4.78, 5) is 25.3. The molecule has 29 heavy (non-hydrogen) atoms. The Morgan fingerprint density at radius 3 is 2.48 bits per heavy atom. The highest BCUT2D eigenvalue weighted by molar-refractivity contribution is 7.12. The fraction of sp³-hybridized carbons (Fsp3) is 0.167. The van der Waals surface area contributed by atoms with Crippen molar-refractivity contribution < 1.29 is 19.1 Å². The molecule has 0 aliphatic carbocycles. The topological polar surface area (TPSA) is 52.6 Å². The van der Waals surface area contributed by atoms with Crippen molar-refractivity contribution in [1.29, 1.82) is 0 Å². The molecule has 0 fully saturated rings. The molecular weight excluding hydrogens is 384 g/mol. The number of ether oxygens (including phenoxy) is 2. The summed E-state index contributed by atoms with van der Waals surface area (Å²) in [7, 11) is 0. The molecule has 4 nitrogen and oxygen atoms in total. The monoisotopic (exact) mass is 404 g/mol. The molecule has 2 heterocycles. The summed E-state index contributed by atoms with van der Waals surface area (Å²) in [5.74, 6) is 0.370. The first-order valence-electron chi connectivity index (χ1n) is 9.26. The van der Waals surface area contributed by atoms with Crippen LogP contribution in [0.1, 0.15) is 51.9 Å². The van der Waals surface area contributed by atoms with E-state index in [2.05, 4.69) is 32.9 Å². The van der Waals surface area contributed by atoms with Crippen LogP contribution >= 0.6 is 11.3 Å². The fourth-order valence-corrected chi connectivity index (χ4v) is 3.61. The minimum absolute atomic E-state index is 0.0680. The van der Waals surface area contributed by atoms with E-state index in [9.17, 15) is 9.59 Å². The second-order valence-electron chi connectivity index (χ2n) is 7.84. The van der Waals surface area contributed by atoms with Crippen LogP contribution in [0.15, 0.2) is 65.7 Å². The summed E-state index contributed by atoms with van der Waals surface area (Å²) in [5.41, 5.74) is 2.63. The van der Waals surface area contributed by atoms with Crippen LogP contribution in [0, 0.1) is 0 Å². The van der Waals surface area contributed by atoms with Gasteiger partial charge in [0.05, 0.1) is 5.56 Å². The molecule has 0 saturated carbocycles. The molecule has 0 bridgehead atoms. The second kappa shape index (κ2) is 7.33. The number of rotatable bonds is 3. The molecule has 146 valence electrons. The van der Waals surface area contributed by atoms with Gasteiger partial charge in [0.2, 0.25) is 5.78 Å². The van der Waals surface area contributed by atoms with E-state index < -0.39 is 5.97 Å². The van der Waals surface area contributed by atoms with Crippen molar-refractivity contribution >= 4 is 29.2 Å². The number of hydrogen-bond donors (Lipinski definition) is 0. The third kappa shape index (κ3) is 4.00. The number of hydrogen-bond acceptors (Lipinski definition) is 5. The molecular formula is C24H20O4S. The summed E-state index contributed by atoms with van der Waals surface area (Å²) in [6.07, 6.45) is 1.73. The van der Waals surface area contributed by atoms with Gasteiger partial charge in [0.15, 0.2) is 5.76 Å². The maximum Gasteiger partial charge on any atom is 0.353 e. The molecule has 0 unspecified atom stereocenters. The van der Waals surface area contributed by atoms with Gasteiger partial charge in [-0.1, -0.05) is 51.1 Å². The number of benzene rings is 2. The Balaban J connectivity index is 1.53. The van der Waals surface area contributed by atoms with E-state index in [-0.39, 0.29) is 17.0 Å². The Kier molecular flexibility index (Phi) is 4.84. The van der Waals surface area contributed by atoms with Crippen LogP contribution in [0.2, 0.25) is 0 Å². The molecule has 0 saturated heterocycles. The predicted molar refractivity (Wildman–Crippen MR) is 114 cm³/mol. The van der Waals surface area contributed by atoms with Crippen molar-refractivity contribution in [2.75, 3.05) is 0 Å². The Hall–Kier alpha value is -3.18. The number of thiophene rings is 1. The first-order valence-corrected chi connectivity index (χ1v) is 10.1. The van der Waals surface area contributed by atoms with Crippen LogP contribution in [0.5, 0.6) is 11.5 Å². The molecule has 0 N–H and O–H groups in total. The normalized spacial score (nSPS) is 14.6. The summed E-state index contributed by atoms with van der Waals surface area (Å²) in [6, 6.07) is 16.3.